The normalized spacial score (nSPS) is 17.0. The van der Waals surface area contributed by atoms with Gasteiger partial charge in [0.05, 0.1) is 16.5 Å². The van der Waals surface area contributed by atoms with Crippen molar-refractivity contribution in [3.05, 3.63) is 34.9 Å². The number of nitrogens with one attached hydrogen (secondary N) is 1. The Morgan fingerprint density at radius 3 is 1.68 bits per heavy atom. The van der Waals surface area contributed by atoms with Gasteiger partial charge in [0.25, 0.3) is 0 Å². The lowest BCUT2D eigenvalue weighted by Gasteiger charge is -2.29. The Balaban J connectivity index is 0.00000312. The Morgan fingerprint density at radius 2 is 1.36 bits per heavy atom. The first-order valence-corrected chi connectivity index (χ1v) is 7.07. The average molecular weight is 389 g/mol. The predicted molar refractivity (Wildman–Crippen MR) is 80.8 cm³/mol. The van der Waals surface area contributed by atoms with Gasteiger partial charge in [-0.25, -0.2) is 0 Å². The zero-order chi connectivity index (χ0) is 18.3. The van der Waals surface area contributed by atoms with Crippen molar-refractivity contribution in [3.63, 3.8) is 0 Å². The Bertz CT molecular complexity index is 645. The lowest BCUT2D eigenvalue weighted by Crippen LogP contribution is -2.41. The van der Waals surface area contributed by atoms with Gasteiger partial charge in [-0.05, 0) is 36.6 Å². The predicted octanol–water partition coefficient (Wildman–Crippen LogP) is 4.46. The summed E-state index contributed by atoms with van der Waals surface area (Å²) in [6.45, 7) is 0. The molecule has 1 fully saturated rings. The highest BCUT2D eigenvalue weighted by atomic mass is 35.5. The molecule has 0 atom stereocenters. The maximum Gasteiger partial charge on any atom is 0.416 e. The van der Waals surface area contributed by atoms with Crippen LogP contribution in [0.25, 0.3) is 0 Å². The minimum absolute atomic E-state index is 0. The molecule has 1 aromatic carbocycles. The van der Waals surface area contributed by atoms with Gasteiger partial charge < -0.3 is 5.73 Å². The number of carbonyl (C=O) groups excluding carboxylic acids is 1. The van der Waals surface area contributed by atoms with Crippen LogP contribution in [0.3, 0.4) is 0 Å². The van der Waals surface area contributed by atoms with E-state index < -0.39 is 40.5 Å². The van der Waals surface area contributed by atoms with Crippen molar-refractivity contribution in [1.29, 1.82) is 5.41 Å². The molecule has 1 aromatic rings. The number of hydrogen-bond acceptors (Lipinski definition) is 2. The fourth-order valence-electron chi connectivity index (χ4n) is 3.11. The highest BCUT2D eigenvalue weighted by Gasteiger charge is 2.46. The summed E-state index contributed by atoms with van der Waals surface area (Å²) < 4.78 is 77.9. The molecule has 1 aliphatic carbocycles. The van der Waals surface area contributed by atoms with E-state index in [0.717, 1.165) is 0 Å². The van der Waals surface area contributed by atoms with Gasteiger partial charge >= 0.3 is 12.4 Å². The molecule has 25 heavy (non-hydrogen) atoms. The fraction of sp³-hybridized carbons (Fsp3) is 0.467. The third-order valence-corrected chi connectivity index (χ3v) is 4.28. The van der Waals surface area contributed by atoms with Gasteiger partial charge in [-0.3, -0.25) is 10.2 Å². The van der Waals surface area contributed by atoms with E-state index in [0.29, 0.717) is 25.0 Å². The van der Waals surface area contributed by atoms with Crippen molar-refractivity contribution in [3.8, 4) is 0 Å². The minimum atomic E-state index is -4.99. The van der Waals surface area contributed by atoms with Gasteiger partial charge in [0, 0.05) is 0 Å². The fourth-order valence-corrected chi connectivity index (χ4v) is 3.11. The molecule has 0 saturated heterocycles. The van der Waals surface area contributed by atoms with Crippen molar-refractivity contribution in [1.82, 2.24) is 0 Å². The second kappa shape index (κ2) is 6.86. The summed E-state index contributed by atoms with van der Waals surface area (Å²) in [5.41, 5.74) is 0.231. The summed E-state index contributed by atoms with van der Waals surface area (Å²) in [6, 6.07) is 1.13. The van der Waals surface area contributed by atoms with Gasteiger partial charge in [-0.15, -0.1) is 12.4 Å². The van der Waals surface area contributed by atoms with E-state index in [4.69, 9.17) is 11.1 Å². The van der Waals surface area contributed by atoms with Crippen molar-refractivity contribution >= 4 is 24.0 Å². The number of Topliss-reactive ketones (excluding diaryl/α,β-unsaturated/α-hetero) is 1. The van der Waals surface area contributed by atoms with Crippen LogP contribution in [0, 0.1) is 5.41 Å². The van der Waals surface area contributed by atoms with Crippen LogP contribution >= 0.6 is 12.4 Å². The SMILES string of the molecule is Cl.N=C(N)C(=O)C1(c2cc(C(F)(F)F)cc(C(F)(F)F)c2)CCCC1. The quantitative estimate of drug-likeness (QED) is 0.456. The van der Waals surface area contributed by atoms with Crippen LogP contribution in [-0.4, -0.2) is 11.6 Å². The summed E-state index contributed by atoms with van der Waals surface area (Å²) in [5.74, 6) is -1.81. The van der Waals surface area contributed by atoms with Crippen LogP contribution in [-0.2, 0) is 22.6 Å². The molecule has 0 aromatic heterocycles. The molecular formula is C15H15ClF6N2O. The first-order chi connectivity index (χ1) is 10.9. The molecule has 2 rings (SSSR count). The van der Waals surface area contributed by atoms with E-state index in [1.807, 2.05) is 0 Å². The molecule has 0 spiro atoms. The van der Waals surface area contributed by atoms with E-state index in [1.165, 1.54) is 0 Å². The largest absolute Gasteiger partial charge is 0.416 e. The zero-order valence-corrected chi connectivity index (χ0v) is 13.5. The molecule has 1 saturated carbocycles. The van der Waals surface area contributed by atoms with Crippen molar-refractivity contribution < 1.29 is 31.1 Å². The minimum Gasteiger partial charge on any atom is -0.381 e. The van der Waals surface area contributed by atoms with E-state index in [1.54, 1.807) is 0 Å². The standard InChI is InChI=1S/C15H14F6N2O.ClH/c16-14(17,18)9-5-8(6-10(7-9)15(19,20)21)13(3-1-2-4-13)11(24)12(22)23;/h5-7H,1-4H2,(H3,22,23);1H. The van der Waals surface area contributed by atoms with Crippen LogP contribution in [0.5, 0.6) is 0 Å². The Hall–Kier alpha value is -1.77. The molecule has 3 N–H and O–H groups in total. The maximum absolute atomic E-state index is 13.0. The van der Waals surface area contributed by atoms with E-state index in [2.05, 4.69) is 0 Å². The van der Waals surface area contributed by atoms with Crippen LogP contribution in [0.1, 0.15) is 42.4 Å². The molecule has 10 heteroatoms. The molecule has 0 aliphatic heterocycles. The van der Waals surface area contributed by atoms with Gasteiger partial charge in [0.15, 0.2) is 5.84 Å². The first-order valence-electron chi connectivity index (χ1n) is 7.07. The van der Waals surface area contributed by atoms with Crippen molar-refractivity contribution in [2.45, 2.75) is 43.5 Å². The first kappa shape index (κ1) is 21.3. The second-order valence-corrected chi connectivity index (χ2v) is 5.83. The highest BCUT2D eigenvalue weighted by molar-refractivity contribution is 6.40. The summed E-state index contributed by atoms with van der Waals surface area (Å²) in [5, 5.41) is 7.28. The van der Waals surface area contributed by atoms with Crippen LogP contribution in [0.2, 0.25) is 0 Å². The molecule has 140 valence electrons. The molecule has 0 unspecified atom stereocenters. The summed E-state index contributed by atoms with van der Waals surface area (Å²) in [4.78, 5) is 12.3. The number of benzene rings is 1. The van der Waals surface area contributed by atoms with Gasteiger partial charge in [-0.2, -0.15) is 26.3 Å². The lowest BCUT2D eigenvalue weighted by atomic mass is 9.74. The number of alkyl halides is 6. The summed E-state index contributed by atoms with van der Waals surface area (Å²) in [7, 11) is 0. The monoisotopic (exact) mass is 388 g/mol. The van der Waals surface area contributed by atoms with Crippen molar-refractivity contribution in [2.24, 2.45) is 5.73 Å². The summed E-state index contributed by atoms with van der Waals surface area (Å²) in [6.07, 6.45) is -8.95. The molecule has 1 aliphatic rings. The number of amidine groups is 1. The summed E-state index contributed by atoms with van der Waals surface area (Å²) >= 11 is 0. The number of rotatable bonds is 3. The molecular weight excluding hydrogens is 374 g/mol. The van der Waals surface area contributed by atoms with Crippen LogP contribution in [0.15, 0.2) is 18.2 Å². The molecule has 0 heterocycles. The number of carbonyl (C=O) groups is 1. The number of halogens is 7. The van der Waals surface area contributed by atoms with Gasteiger partial charge in [0.2, 0.25) is 5.78 Å². The number of nitrogens with two attached hydrogens (primary N) is 1. The van der Waals surface area contributed by atoms with Crippen LogP contribution in [0.4, 0.5) is 26.3 Å². The third-order valence-electron chi connectivity index (χ3n) is 4.28. The van der Waals surface area contributed by atoms with Gasteiger partial charge in [-0.1, -0.05) is 12.8 Å². The van der Waals surface area contributed by atoms with Crippen molar-refractivity contribution in [2.75, 3.05) is 0 Å². The molecule has 3 nitrogen and oxygen atoms in total. The van der Waals surface area contributed by atoms with E-state index in [-0.39, 0.29) is 36.9 Å². The topological polar surface area (TPSA) is 66.9 Å². The zero-order valence-electron chi connectivity index (χ0n) is 12.7. The molecule has 0 bridgehead atoms. The van der Waals surface area contributed by atoms with E-state index in [9.17, 15) is 31.1 Å². The smallest absolute Gasteiger partial charge is 0.381 e. The third kappa shape index (κ3) is 4.08. The maximum atomic E-state index is 13.0. The lowest BCUT2D eigenvalue weighted by molar-refractivity contribution is -0.143. The number of hydrogen-bond donors (Lipinski definition) is 2. The Morgan fingerprint density at radius 1 is 0.960 bits per heavy atom. The molecule has 0 amide bonds. The molecule has 0 radical (unpaired) electrons. The van der Waals surface area contributed by atoms with Crippen LogP contribution < -0.4 is 5.73 Å². The number of ketones is 1. The van der Waals surface area contributed by atoms with E-state index >= 15 is 0 Å². The average Bonchev–Trinajstić information content (AvgIpc) is 2.94. The Labute approximate surface area is 145 Å². The highest BCUT2D eigenvalue weighted by Crippen LogP contribution is 2.45. The Kier molecular flexibility index (Phi) is 5.83. The van der Waals surface area contributed by atoms with Gasteiger partial charge in [0.1, 0.15) is 0 Å². The second-order valence-electron chi connectivity index (χ2n) is 5.83.